The highest BCUT2D eigenvalue weighted by molar-refractivity contribution is 7.91. The van der Waals surface area contributed by atoms with Gasteiger partial charge in [0.1, 0.15) is 4.21 Å². The van der Waals surface area contributed by atoms with Crippen molar-refractivity contribution in [1.29, 1.82) is 0 Å². The van der Waals surface area contributed by atoms with Crippen LogP contribution >= 0.6 is 11.3 Å². The van der Waals surface area contributed by atoms with Gasteiger partial charge in [-0.05, 0) is 50.8 Å². The number of hydrogen-bond donors (Lipinski definition) is 2. The molecule has 1 saturated carbocycles. The van der Waals surface area contributed by atoms with E-state index < -0.39 is 10.0 Å². The van der Waals surface area contributed by atoms with Gasteiger partial charge in [0.15, 0.2) is 0 Å². The van der Waals surface area contributed by atoms with Gasteiger partial charge in [-0.1, -0.05) is 19.8 Å². The van der Waals surface area contributed by atoms with Crippen molar-refractivity contribution in [1.82, 2.24) is 10.0 Å². The standard InChI is InChI=1S/C15H26N2O2S2/c1-3-4-12-5-7-13(8-6-12)17-21(18,19)15-10-9-14(20-15)11-16-2/h9-10,12-13,16-17H,3-8,11H2,1-2H3. The predicted molar refractivity (Wildman–Crippen MR) is 88.1 cm³/mol. The number of sulfonamides is 1. The van der Waals surface area contributed by atoms with Gasteiger partial charge < -0.3 is 5.32 Å². The van der Waals surface area contributed by atoms with Crippen LogP contribution in [0.5, 0.6) is 0 Å². The third-order valence-corrected chi connectivity index (χ3v) is 7.22. The SMILES string of the molecule is CCCC1CCC(NS(=O)(=O)c2ccc(CNC)s2)CC1. The Morgan fingerprint density at radius 1 is 1.24 bits per heavy atom. The van der Waals surface area contributed by atoms with Crippen molar-refractivity contribution in [3.63, 3.8) is 0 Å². The molecule has 0 bridgehead atoms. The average Bonchev–Trinajstić information content (AvgIpc) is 2.91. The lowest BCUT2D eigenvalue weighted by Crippen LogP contribution is -2.37. The smallest absolute Gasteiger partial charge is 0.250 e. The fourth-order valence-corrected chi connectivity index (χ4v) is 5.72. The van der Waals surface area contributed by atoms with E-state index in [2.05, 4.69) is 17.0 Å². The van der Waals surface area contributed by atoms with Gasteiger partial charge >= 0.3 is 0 Å². The molecule has 2 N–H and O–H groups in total. The molecule has 0 spiro atoms. The molecule has 4 nitrogen and oxygen atoms in total. The van der Waals surface area contributed by atoms with Crippen LogP contribution in [0.1, 0.15) is 50.3 Å². The molecule has 21 heavy (non-hydrogen) atoms. The Balaban J connectivity index is 1.92. The van der Waals surface area contributed by atoms with Crippen LogP contribution in [-0.2, 0) is 16.6 Å². The molecule has 0 aliphatic heterocycles. The summed E-state index contributed by atoms with van der Waals surface area (Å²) in [5.74, 6) is 0.791. The second kappa shape index (κ2) is 7.72. The molecule has 0 aromatic carbocycles. The summed E-state index contributed by atoms with van der Waals surface area (Å²) in [6, 6.07) is 3.70. The van der Waals surface area contributed by atoms with Gasteiger partial charge in [0.2, 0.25) is 10.0 Å². The Morgan fingerprint density at radius 3 is 2.57 bits per heavy atom. The second-order valence-corrected chi connectivity index (χ2v) is 8.99. The number of nitrogens with one attached hydrogen (secondary N) is 2. The lowest BCUT2D eigenvalue weighted by molar-refractivity contribution is 0.297. The van der Waals surface area contributed by atoms with Gasteiger partial charge in [0, 0.05) is 17.5 Å². The second-order valence-electron chi connectivity index (χ2n) is 5.88. The van der Waals surface area contributed by atoms with Crippen molar-refractivity contribution < 1.29 is 8.42 Å². The summed E-state index contributed by atoms with van der Waals surface area (Å²) in [4.78, 5) is 1.05. The molecular formula is C15H26N2O2S2. The first-order chi connectivity index (χ1) is 10.0. The Hall–Kier alpha value is -0.430. The zero-order valence-corrected chi connectivity index (χ0v) is 14.5. The van der Waals surface area contributed by atoms with Gasteiger partial charge in [-0.25, -0.2) is 13.1 Å². The summed E-state index contributed by atoms with van der Waals surface area (Å²) in [5.41, 5.74) is 0. The predicted octanol–water partition coefficient (Wildman–Crippen LogP) is 3.10. The lowest BCUT2D eigenvalue weighted by atomic mass is 9.84. The van der Waals surface area contributed by atoms with Gasteiger partial charge in [0.05, 0.1) is 0 Å². The molecule has 1 aromatic heterocycles. The van der Waals surface area contributed by atoms with Crippen LogP contribution in [0.4, 0.5) is 0 Å². The third-order valence-electron chi connectivity index (χ3n) is 4.12. The molecule has 0 radical (unpaired) electrons. The van der Waals surface area contributed by atoms with Gasteiger partial charge in [-0.3, -0.25) is 0 Å². The normalized spacial score (nSPS) is 23.3. The van der Waals surface area contributed by atoms with E-state index >= 15 is 0 Å². The summed E-state index contributed by atoms with van der Waals surface area (Å²) in [7, 11) is -1.48. The lowest BCUT2D eigenvalue weighted by Gasteiger charge is -2.28. The Labute approximate surface area is 132 Å². The minimum atomic E-state index is -3.35. The zero-order chi connectivity index (χ0) is 15.3. The summed E-state index contributed by atoms with van der Waals surface area (Å²) in [6.45, 7) is 2.93. The Kier molecular flexibility index (Phi) is 6.22. The molecule has 6 heteroatoms. The van der Waals surface area contributed by atoms with Crippen molar-refractivity contribution in [2.75, 3.05) is 7.05 Å². The summed E-state index contributed by atoms with van der Waals surface area (Å²) in [6.07, 6.45) is 6.74. The van der Waals surface area contributed by atoms with Crippen LogP contribution in [0.15, 0.2) is 16.3 Å². The minimum absolute atomic E-state index is 0.109. The van der Waals surface area contributed by atoms with Crippen molar-refractivity contribution in [3.05, 3.63) is 17.0 Å². The molecule has 1 aromatic rings. The molecule has 2 rings (SSSR count). The first kappa shape index (κ1) is 16.9. The van der Waals surface area contributed by atoms with Crippen molar-refractivity contribution in [2.24, 2.45) is 5.92 Å². The van der Waals surface area contributed by atoms with E-state index in [0.29, 0.717) is 10.8 Å². The fourth-order valence-electron chi connectivity index (χ4n) is 3.03. The van der Waals surface area contributed by atoms with Crippen molar-refractivity contribution in [3.8, 4) is 0 Å². The van der Waals surface area contributed by atoms with E-state index in [0.717, 1.165) is 36.5 Å². The molecule has 1 fully saturated rings. The molecule has 1 heterocycles. The van der Waals surface area contributed by atoms with E-state index in [1.54, 1.807) is 6.07 Å². The number of rotatable bonds is 7. The third kappa shape index (κ3) is 4.77. The largest absolute Gasteiger partial charge is 0.315 e. The maximum absolute atomic E-state index is 12.4. The van der Waals surface area contributed by atoms with Crippen LogP contribution in [0.3, 0.4) is 0 Å². The van der Waals surface area contributed by atoms with Crippen molar-refractivity contribution in [2.45, 2.75) is 62.2 Å². The topological polar surface area (TPSA) is 58.2 Å². The van der Waals surface area contributed by atoms with Crippen LogP contribution in [-0.4, -0.2) is 21.5 Å². The highest BCUT2D eigenvalue weighted by atomic mass is 32.2. The average molecular weight is 331 g/mol. The molecule has 1 aliphatic rings. The van der Waals surface area contributed by atoms with E-state index in [4.69, 9.17) is 0 Å². The molecule has 120 valence electrons. The van der Waals surface area contributed by atoms with E-state index in [-0.39, 0.29) is 6.04 Å². The summed E-state index contributed by atoms with van der Waals surface area (Å²) in [5, 5.41) is 3.04. The molecule has 1 aliphatic carbocycles. The number of thiophene rings is 1. The van der Waals surface area contributed by atoms with Crippen LogP contribution < -0.4 is 10.0 Å². The molecule has 0 unspecified atom stereocenters. The summed E-state index contributed by atoms with van der Waals surface area (Å²) < 4.78 is 28.1. The van der Waals surface area contributed by atoms with Crippen LogP contribution in [0.25, 0.3) is 0 Å². The zero-order valence-electron chi connectivity index (χ0n) is 12.9. The van der Waals surface area contributed by atoms with E-state index in [9.17, 15) is 8.42 Å². The van der Waals surface area contributed by atoms with Gasteiger partial charge in [-0.2, -0.15) is 0 Å². The monoisotopic (exact) mass is 330 g/mol. The van der Waals surface area contributed by atoms with Gasteiger partial charge in [-0.15, -0.1) is 11.3 Å². The highest BCUT2D eigenvalue weighted by Crippen LogP contribution is 2.29. The quantitative estimate of drug-likeness (QED) is 0.807. The molecule has 0 saturated heterocycles. The van der Waals surface area contributed by atoms with Gasteiger partial charge in [0.25, 0.3) is 0 Å². The maximum Gasteiger partial charge on any atom is 0.250 e. The Morgan fingerprint density at radius 2 is 1.95 bits per heavy atom. The van der Waals surface area contributed by atoms with Crippen LogP contribution in [0, 0.1) is 5.92 Å². The maximum atomic E-state index is 12.4. The first-order valence-electron chi connectivity index (χ1n) is 7.80. The fraction of sp³-hybridized carbons (Fsp3) is 0.733. The first-order valence-corrected chi connectivity index (χ1v) is 10.1. The summed E-state index contributed by atoms with van der Waals surface area (Å²) >= 11 is 1.35. The molecular weight excluding hydrogens is 304 g/mol. The molecule has 0 amide bonds. The van der Waals surface area contributed by atoms with Crippen molar-refractivity contribution >= 4 is 21.4 Å². The minimum Gasteiger partial charge on any atom is -0.315 e. The highest BCUT2D eigenvalue weighted by Gasteiger charge is 2.26. The molecule has 0 atom stereocenters. The van der Waals surface area contributed by atoms with E-state index in [1.807, 2.05) is 13.1 Å². The number of hydrogen-bond acceptors (Lipinski definition) is 4. The van der Waals surface area contributed by atoms with E-state index in [1.165, 1.54) is 24.2 Å². The van der Waals surface area contributed by atoms with Crippen LogP contribution in [0.2, 0.25) is 0 Å². The Bertz CT molecular complexity index is 532.